The Labute approximate surface area is 242 Å². The first-order valence-corrected chi connectivity index (χ1v) is 13.7. The number of amides is 2. The van der Waals surface area contributed by atoms with Crippen molar-refractivity contribution in [3.05, 3.63) is 66.2 Å². The topological polar surface area (TPSA) is 126 Å². The van der Waals surface area contributed by atoms with Crippen molar-refractivity contribution in [2.24, 2.45) is 0 Å². The predicted molar refractivity (Wildman–Crippen MR) is 152 cm³/mol. The molecule has 0 bridgehead atoms. The molecule has 3 heterocycles. The zero-order valence-corrected chi connectivity index (χ0v) is 23.3. The van der Waals surface area contributed by atoms with Crippen LogP contribution in [-0.4, -0.2) is 67.1 Å². The van der Waals surface area contributed by atoms with Gasteiger partial charge in [0.2, 0.25) is 18.6 Å². The van der Waals surface area contributed by atoms with Crippen LogP contribution >= 0.6 is 0 Å². The molecule has 0 saturated carbocycles. The zero-order valence-electron chi connectivity index (χ0n) is 23.3. The summed E-state index contributed by atoms with van der Waals surface area (Å²) in [5.74, 6) is 1.17. The Bertz CT molecular complexity index is 1600. The Balaban J connectivity index is 1.43. The SMILES string of the molecule is COc1ccc([C@@H](C(=O)NC[C@@H]2CCCO2)N(C(=O)Cn2nnc3ccccc32)c2ccc3c(c2)OCO3)cc1OC. The van der Waals surface area contributed by atoms with E-state index in [4.69, 9.17) is 23.7 Å². The maximum Gasteiger partial charge on any atom is 0.249 e. The van der Waals surface area contributed by atoms with Gasteiger partial charge < -0.3 is 29.0 Å². The van der Waals surface area contributed by atoms with Crippen molar-refractivity contribution in [3.63, 3.8) is 0 Å². The third-order valence-electron chi connectivity index (χ3n) is 7.37. The van der Waals surface area contributed by atoms with Gasteiger partial charge in [-0.15, -0.1) is 5.10 Å². The smallest absolute Gasteiger partial charge is 0.249 e. The van der Waals surface area contributed by atoms with Gasteiger partial charge in [0.1, 0.15) is 18.1 Å². The van der Waals surface area contributed by atoms with E-state index < -0.39 is 11.9 Å². The summed E-state index contributed by atoms with van der Waals surface area (Å²) in [5.41, 5.74) is 2.32. The number of para-hydroxylation sites is 1. The molecule has 42 heavy (non-hydrogen) atoms. The molecule has 12 nitrogen and oxygen atoms in total. The average molecular weight is 574 g/mol. The molecular weight excluding hydrogens is 542 g/mol. The molecule has 0 radical (unpaired) electrons. The Hall–Kier alpha value is -4.84. The average Bonchev–Trinajstić information content (AvgIpc) is 3.80. The van der Waals surface area contributed by atoms with E-state index in [1.807, 2.05) is 24.3 Å². The first-order chi connectivity index (χ1) is 20.6. The Morgan fingerprint density at radius 2 is 1.88 bits per heavy atom. The summed E-state index contributed by atoms with van der Waals surface area (Å²) >= 11 is 0. The highest BCUT2D eigenvalue weighted by molar-refractivity contribution is 6.02. The molecular formula is C30H31N5O7. The van der Waals surface area contributed by atoms with E-state index in [0.29, 0.717) is 58.4 Å². The number of anilines is 1. The molecule has 6 rings (SSSR count). The maximum absolute atomic E-state index is 14.3. The number of nitrogens with zero attached hydrogens (tertiary/aromatic N) is 4. The largest absolute Gasteiger partial charge is 0.493 e. The molecule has 2 aliphatic rings. The molecule has 2 atom stereocenters. The van der Waals surface area contributed by atoms with E-state index in [1.54, 1.807) is 36.4 Å². The molecule has 2 amide bonds. The number of hydrogen-bond donors (Lipinski definition) is 1. The molecule has 0 aliphatic carbocycles. The Morgan fingerprint density at radius 3 is 2.69 bits per heavy atom. The fourth-order valence-electron chi connectivity index (χ4n) is 5.27. The highest BCUT2D eigenvalue weighted by Gasteiger charge is 2.35. The molecule has 0 unspecified atom stereocenters. The summed E-state index contributed by atoms with van der Waals surface area (Å²) < 4.78 is 29.3. The molecule has 1 aromatic heterocycles. The lowest BCUT2D eigenvalue weighted by Gasteiger charge is -2.32. The Kier molecular flexibility index (Phi) is 7.78. The van der Waals surface area contributed by atoms with Crippen molar-refractivity contribution in [2.45, 2.75) is 31.5 Å². The highest BCUT2D eigenvalue weighted by Crippen LogP contribution is 2.39. The molecule has 4 aromatic rings. The van der Waals surface area contributed by atoms with Gasteiger partial charge in [-0.05, 0) is 54.8 Å². The summed E-state index contributed by atoms with van der Waals surface area (Å²) in [4.78, 5) is 29.9. The summed E-state index contributed by atoms with van der Waals surface area (Å²) in [6.45, 7) is 0.878. The minimum Gasteiger partial charge on any atom is -0.493 e. The minimum absolute atomic E-state index is 0.0681. The van der Waals surface area contributed by atoms with Crippen molar-refractivity contribution in [1.82, 2.24) is 20.3 Å². The first kappa shape index (κ1) is 27.3. The molecule has 12 heteroatoms. The number of carbonyl (C=O) groups excluding carboxylic acids is 2. The van der Waals surface area contributed by atoms with E-state index >= 15 is 0 Å². The van der Waals surface area contributed by atoms with Gasteiger partial charge in [0.05, 0.1) is 25.8 Å². The summed E-state index contributed by atoms with van der Waals surface area (Å²) in [6.07, 6.45) is 1.70. The number of aromatic nitrogens is 3. The van der Waals surface area contributed by atoms with Crippen LogP contribution in [0.15, 0.2) is 60.7 Å². The fourth-order valence-corrected chi connectivity index (χ4v) is 5.27. The lowest BCUT2D eigenvalue weighted by atomic mass is 10.0. The summed E-state index contributed by atoms with van der Waals surface area (Å²) in [7, 11) is 3.05. The monoisotopic (exact) mass is 573 g/mol. The van der Waals surface area contributed by atoms with Gasteiger partial charge in [-0.3, -0.25) is 14.5 Å². The van der Waals surface area contributed by atoms with Crippen LogP contribution in [0.4, 0.5) is 5.69 Å². The van der Waals surface area contributed by atoms with E-state index in [1.165, 1.54) is 23.8 Å². The standard InChI is InChI=1S/C30H31N5O7/c1-38-24-11-9-19(14-26(24)39-2)29(30(37)31-16-21-6-5-13-40-21)35(20-10-12-25-27(15-20)42-18-41-25)28(36)17-34-23-8-4-3-7-22(23)32-33-34/h3-4,7-12,14-15,21,29H,5-6,13,16-18H2,1-2H3,(H,31,37)/t21-,29-/m0/s1. The number of carbonyl (C=O) groups is 2. The number of ether oxygens (including phenoxy) is 5. The quantitative estimate of drug-likeness (QED) is 0.304. The number of methoxy groups -OCH3 is 2. The van der Waals surface area contributed by atoms with Gasteiger partial charge in [-0.1, -0.05) is 23.4 Å². The van der Waals surface area contributed by atoms with Crippen molar-refractivity contribution in [2.75, 3.05) is 39.1 Å². The lowest BCUT2D eigenvalue weighted by molar-refractivity contribution is -0.127. The summed E-state index contributed by atoms with van der Waals surface area (Å²) in [5, 5.41) is 11.4. The zero-order chi connectivity index (χ0) is 29.1. The van der Waals surface area contributed by atoms with Crippen LogP contribution in [0.3, 0.4) is 0 Å². The van der Waals surface area contributed by atoms with Crippen LogP contribution in [0, 0.1) is 0 Å². The van der Waals surface area contributed by atoms with Crippen molar-refractivity contribution in [3.8, 4) is 23.0 Å². The number of rotatable bonds is 10. The number of fused-ring (bicyclic) bond motifs is 2. The van der Waals surface area contributed by atoms with E-state index in [-0.39, 0.29) is 25.3 Å². The van der Waals surface area contributed by atoms with Crippen molar-refractivity contribution in [1.29, 1.82) is 0 Å². The number of benzene rings is 3. The van der Waals surface area contributed by atoms with Gasteiger partial charge in [-0.25, -0.2) is 4.68 Å². The summed E-state index contributed by atoms with van der Waals surface area (Å²) in [6, 6.07) is 16.6. The van der Waals surface area contributed by atoms with E-state index in [9.17, 15) is 9.59 Å². The van der Waals surface area contributed by atoms with Crippen molar-refractivity contribution >= 4 is 28.5 Å². The second kappa shape index (κ2) is 12.0. The van der Waals surface area contributed by atoms with Gasteiger partial charge in [0, 0.05) is 24.9 Å². The maximum atomic E-state index is 14.3. The van der Waals surface area contributed by atoms with Gasteiger partial charge >= 0.3 is 0 Å². The normalized spacial score (nSPS) is 16.3. The predicted octanol–water partition coefficient (Wildman–Crippen LogP) is 3.25. The molecule has 218 valence electrons. The third-order valence-corrected chi connectivity index (χ3v) is 7.37. The van der Waals surface area contributed by atoms with Crippen molar-refractivity contribution < 1.29 is 33.3 Å². The van der Waals surface area contributed by atoms with E-state index in [0.717, 1.165) is 12.8 Å². The fraction of sp³-hybridized carbons (Fsp3) is 0.333. The van der Waals surface area contributed by atoms with Crippen LogP contribution in [0.25, 0.3) is 11.0 Å². The second-order valence-electron chi connectivity index (χ2n) is 9.93. The number of hydrogen-bond acceptors (Lipinski definition) is 9. The van der Waals surface area contributed by atoms with Crippen LogP contribution in [0.1, 0.15) is 24.4 Å². The van der Waals surface area contributed by atoms with E-state index in [2.05, 4.69) is 15.6 Å². The molecule has 0 spiro atoms. The van der Waals surface area contributed by atoms with Crippen LogP contribution in [0.2, 0.25) is 0 Å². The van der Waals surface area contributed by atoms with Gasteiger partial charge in [-0.2, -0.15) is 0 Å². The molecule has 1 fully saturated rings. The minimum atomic E-state index is -1.09. The van der Waals surface area contributed by atoms with Gasteiger partial charge in [0.15, 0.2) is 23.0 Å². The van der Waals surface area contributed by atoms with Crippen LogP contribution in [-0.2, 0) is 20.9 Å². The van der Waals surface area contributed by atoms with Gasteiger partial charge in [0.25, 0.3) is 0 Å². The van der Waals surface area contributed by atoms with Crippen LogP contribution in [0.5, 0.6) is 23.0 Å². The molecule has 3 aromatic carbocycles. The number of nitrogens with one attached hydrogen (secondary N) is 1. The molecule has 1 saturated heterocycles. The van der Waals surface area contributed by atoms with Crippen LogP contribution < -0.4 is 29.2 Å². The second-order valence-corrected chi connectivity index (χ2v) is 9.93. The first-order valence-electron chi connectivity index (χ1n) is 13.7. The molecule has 2 aliphatic heterocycles. The lowest BCUT2D eigenvalue weighted by Crippen LogP contribution is -2.46. The third kappa shape index (κ3) is 5.40. The Morgan fingerprint density at radius 1 is 1.05 bits per heavy atom. The highest BCUT2D eigenvalue weighted by atomic mass is 16.7. The molecule has 1 N–H and O–H groups in total.